The maximum absolute atomic E-state index is 14.0. The van der Waals surface area contributed by atoms with E-state index in [2.05, 4.69) is 37.8 Å². The molecule has 2 atom stereocenters. The van der Waals surface area contributed by atoms with E-state index in [4.69, 9.17) is 4.74 Å². The monoisotopic (exact) mass is 402 g/mol. The minimum atomic E-state index is -0.493. The zero-order chi connectivity index (χ0) is 20.8. The highest BCUT2D eigenvalue weighted by molar-refractivity contribution is 5.77. The molecule has 2 heterocycles. The first kappa shape index (κ1) is 20.9. The van der Waals surface area contributed by atoms with E-state index in [9.17, 15) is 9.18 Å². The van der Waals surface area contributed by atoms with Crippen LogP contribution in [-0.2, 0) is 11.2 Å². The van der Waals surface area contributed by atoms with E-state index in [0.29, 0.717) is 23.5 Å². The molecule has 9 heteroatoms. The van der Waals surface area contributed by atoms with Crippen LogP contribution in [0.1, 0.15) is 38.9 Å². The molecule has 0 amide bonds. The van der Waals surface area contributed by atoms with E-state index in [1.165, 1.54) is 26.2 Å². The first-order valence-electron chi connectivity index (χ1n) is 9.83. The highest BCUT2D eigenvalue weighted by Gasteiger charge is 2.24. The Morgan fingerprint density at radius 3 is 2.76 bits per heavy atom. The van der Waals surface area contributed by atoms with Crippen LogP contribution in [0.5, 0.6) is 5.75 Å². The molecule has 2 unspecified atom stereocenters. The summed E-state index contributed by atoms with van der Waals surface area (Å²) in [5.74, 6) is 0.618. The maximum atomic E-state index is 14.0. The van der Waals surface area contributed by atoms with Crippen LogP contribution in [0.25, 0.3) is 0 Å². The second-order valence-electron chi connectivity index (χ2n) is 7.11. The standard InChI is InChI=1S/C20H27FN6O2/c1-4-15(16-6-5-9-22-16)24-20-26-18(10-12(2)28)25-19(27-20)23-13-7-8-17(29-3)14(21)11-13/h7-8,11,15-16,22H,4-6,9-10H2,1-3H3,(H2,23,24,25,26,27). The molecule has 1 aliphatic heterocycles. The number of nitrogens with zero attached hydrogens (tertiary/aromatic N) is 3. The van der Waals surface area contributed by atoms with Crippen LogP contribution >= 0.6 is 0 Å². The lowest BCUT2D eigenvalue weighted by Gasteiger charge is -2.24. The van der Waals surface area contributed by atoms with E-state index in [1.54, 1.807) is 6.07 Å². The zero-order valence-electron chi connectivity index (χ0n) is 17.0. The van der Waals surface area contributed by atoms with E-state index >= 15 is 0 Å². The van der Waals surface area contributed by atoms with Crippen LogP contribution in [0, 0.1) is 5.82 Å². The molecule has 1 aromatic heterocycles. The topological polar surface area (TPSA) is 101 Å². The van der Waals surface area contributed by atoms with Crippen molar-refractivity contribution in [2.75, 3.05) is 24.3 Å². The van der Waals surface area contributed by atoms with Crippen LogP contribution < -0.4 is 20.7 Å². The summed E-state index contributed by atoms with van der Waals surface area (Å²) in [5.41, 5.74) is 0.471. The highest BCUT2D eigenvalue weighted by atomic mass is 19.1. The van der Waals surface area contributed by atoms with Crippen molar-refractivity contribution in [1.29, 1.82) is 0 Å². The molecule has 1 aliphatic rings. The molecular formula is C20H27FN6O2. The number of anilines is 3. The minimum absolute atomic E-state index is 0.0481. The number of carbonyl (C=O) groups excluding carboxylic acids is 1. The number of rotatable bonds is 9. The third kappa shape index (κ3) is 5.60. The number of ketones is 1. The third-order valence-corrected chi connectivity index (χ3v) is 4.84. The molecular weight excluding hydrogens is 375 g/mol. The fourth-order valence-corrected chi connectivity index (χ4v) is 3.42. The summed E-state index contributed by atoms with van der Waals surface area (Å²) >= 11 is 0. The molecule has 3 rings (SSSR count). The first-order chi connectivity index (χ1) is 14.0. The quantitative estimate of drug-likeness (QED) is 0.589. The van der Waals surface area contributed by atoms with Crippen LogP contribution in [-0.4, -0.2) is 46.5 Å². The Morgan fingerprint density at radius 2 is 2.14 bits per heavy atom. The second kappa shape index (κ2) is 9.60. The molecule has 0 spiro atoms. The average molecular weight is 402 g/mol. The Labute approximate surface area is 169 Å². The maximum Gasteiger partial charge on any atom is 0.232 e. The van der Waals surface area contributed by atoms with Gasteiger partial charge >= 0.3 is 0 Å². The predicted molar refractivity (Wildman–Crippen MR) is 109 cm³/mol. The SMILES string of the molecule is CCC(Nc1nc(CC(C)=O)nc(Nc2ccc(OC)c(F)c2)n1)C1CCCN1. The van der Waals surface area contributed by atoms with Crippen LogP contribution in [0.3, 0.4) is 0 Å². The highest BCUT2D eigenvalue weighted by Crippen LogP contribution is 2.23. The fourth-order valence-electron chi connectivity index (χ4n) is 3.42. The van der Waals surface area contributed by atoms with Crippen molar-refractivity contribution in [1.82, 2.24) is 20.3 Å². The van der Waals surface area contributed by atoms with Crippen LogP contribution in [0.15, 0.2) is 18.2 Å². The fraction of sp³-hybridized carbons (Fsp3) is 0.500. The second-order valence-corrected chi connectivity index (χ2v) is 7.11. The predicted octanol–water partition coefficient (Wildman–Crippen LogP) is 2.84. The van der Waals surface area contributed by atoms with E-state index in [0.717, 1.165) is 25.8 Å². The normalized spacial score (nSPS) is 17.0. The van der Waals surface area contributed by atoms with Gasteiger partial charge in [0.15, 0.2) is 11.6 Å². The van der Waals surface area contributed by atoms with Gasteiger partial charge < -0.3 is 20.7 Å². The van der Waals surface area contributed by atoms with Crippen LogP contribution in [0.4, 0.5) is 22.0 Å². The lowest BCUT2D eigenvalue weighted by atomic mass is 10.0. The van der Waals surface area contributed by atoms with E-state index in [-0.39, 0.29) is 29.9 Å². The molecule has 1 saturated heterocycles. The lowest BCUT2D eigenvalue weighted by molar-refractivity contribution is -0.116. The third-order valence-electron chi connectivity index (χ3n) is 4.84. The largest absolute Gasteiger partial charge is 0.494 e. The van der Waals surface area contributed by atoms with Crippen molar-refractivity contribution in [3.63, 3.8) is 0 Å². The number of methoxy groups -OCH3 is 1. The van der Waals surface area contributed by atoms with Gasteiger partial charge in [-0.05, 0) is 44.9 Å². The summed E-state index contributed by atoms with van der Waals surface area (Å²) in [4.78, 5) is 24.7. The molecule has 3 N–H and O–H groups in total. The molecule has 0 bridgehead atoms. The summed E-state index contributed by atoms with van der Waals surface area (Å²) < 4.78 is 18.9. The summed E-state index contributed by atoms with van der Waals surface area (Å²) in [6.45, 7) is 4.60. The van der Waals surface area contributed by atoms with Gasteiger partial charge in [-0.3, -0.25) is 4.79 Å². The van der Waals surface area contributed by atoms with Gasteiger partial charge in [0.05, 0.1) is 13.5 Å². The van der Waals surface area contributed by atoms with Gasteiger partial charge in [0.2, 0.25) is 11.9 Å². The number of hydrogen-bond acceptors (Lipinski definition) is 8. The number of ether oxygens (including phenoxy) is 1. The van der Waals surface area contributed by atoms with Gasteiger partial charge in [-0.15, -0.1) is 0 Å². The average Bonchev–Trinajstić information content (AvgIpc) is 3.20. The molecule has 1 aromatic carbocycles. The molecule has 8 nitrogen and oxygen atoms in total. The van der Waals surface area contributed by atoms with Gasteiger partial charge in [0, 0.05) is 23.8 Å². The number of aromatic nitrogens is 3. The molecule has 29 heavy (non-hydrogen) atoms. The number of Topliss-reactive ketones (excluding diaryl/α,β-unsaturated/α-hetero) is 1. The van der Waals surface area contributed by atoms with Gasteiger partial charge in [0.25, 0.3) is 0 Å². The lowest BCUT2D eigenvalue weighted by Crippen LogP contribution is -2.40. The Bertz CT molecular complexity index is 857. The Kier molecular flexibility index (Phi) is 6.92. The summed E-state index contributed by atoms with van der Waals surface area (Å²) in [6, 6.07) is 5.00. The molecule has 2 aromatic rings. The van der Waals surface area contributed by atoms with Crippen molar-refractivity contribution in [3.8, 4) is 5.75 Å². The van der Waals surface area contributed by atoms with Crippen molar-refractivity contribution >= 4 is 23.4 Å². The molecule has 0 aliphatic carbocycles. The van der Waals surface area contributed by atoms with Crippen molar-refractivity contribution in [2.24, 2.45) is 0 Å². The summed E-state index contributed by atoms with van der Waals surface area (Å²) in [7, 11) is 1.41. The van der Waals surface area contributed by atoms with Crippen molar-refractivity contribution in [3.05, 3.63) is 29.8 Å². The Morgan fingerprint density at radius 1 is 1.34 bits per heavy atom. The van der Waals surface area contributed by atoms with E-state index < -0.39 is 5.82 Å². The number of benzene rings is 1. The Hall–Kier alpha value is -2.81. The number of hydrogen-bond donors (Lipinski definition) is 3. The van der Waals surface area contributed by atoms with Crippen molar-refractivity contribution in [2.45, 2.75) is 51.6 Å². The smallest absolute Gasteiger partial charge is 0.232 e. The minimum Gasteiger partial charge on any atom is -0.494 e. The molecule has 0 radical (unpaired) electrons. The molecule has 0 saturated carbocycles. The van der Waals surface area contributed by atoms with E-state index in [1.807, 2.05) is 0 Å². The van der Waals surface area contributed by atoms with Gasteiger partial charge in [-0.25, -0.2) is 4.39 Å². The summed E-state index contributed by atoms with van der Waals surface area (Å²) in [5, 5.41) is 9.85. The number of carbonyl (C=O) groups is 1. The van der Waals surface area contributed by atoms with Crippen LogP contribution in [0.2, 0.25) is 0 Å². The van der Waals surface area contributed by atoms with Gasteiger partial charge in [-0.2, -0.15) is 15.0 Å². The zero-order valence-corrected chi connectivity index (χ0v) is 17.0. The first-order valence-corrected chi connectivity index (χ1v) is 9.83. The Balaban J connectivity index is 1.84. The number of nitrogens with one attached hydrogen (secondary N) is 3. The van der Waals surface area contributed by atoms with Gasteiger partial charge in [0.1, 0.15) is 11.6 Å². The van der Waals surface area contributed by atoms with Crippen molar-refractivity contribution < 1.29 is 13.9 Å². The molecule has 1 fully saturated rings. The molecule has 156 valence electrons. The number of halogens is 1. The van der Waals surface area contributed by atoms with Gasteiger partial charge in [-0.1, -0.05) is 6.92 Å². The summed E-state index contributed by atoms with van der Waals surface area (Å²) in [6.07, 6.45) is 3.23.